The average Bonchev–Trinajstić information content (AvgIpc) is 3.01. The molecule has 0 spiro atoms. The van der Waals surface area contributed by atoms with Gasteiger partial charge in [-0.05, 0) is 31.2 Å². The number of hydrogen-bond acceptors (Lipinski definition) is 6. The Kier molecular flexibility index (Phi) is 4.05. The predicted molar refractivity (Wildman–Crippen MR) is 87.0 cm³/mol. The zero-order valence-electron chi connectivity index (χ0n) is 12.6. The molecule has 3 aromatic rings. The molecule has 0 unspecified atom stereocenters. The van der Waals surface area contributed by atoms with Crippen LogP contribution in [0.25, 0.3) is 10.9 Å². The minimum Gasteiger partial charge on any atom is -0.492 e. The van der Waals surface area contributed by atoms with Crippen LogP contribution >= 0.6 is 0 Å². The van der Waals surface area contributed by atoms with Crippen LogP contribution in [0.4, 0.5) is 5.82 Å². The van der Waals surface area contributed by atoms with E-state index in [0.717, 1.165) is 0 Å². The number of ether oxygens (including phenoxy) is 1. The van der Waals surface area contributed by atoms with Crippen LogP contribution in [0, 0.1) is 11.3 Å². The number of hydrogen-bond donors (Lipinski definition) is 2. The van der Waals surface area contributed by atoms with Gasteiger partial charge in [-0.15, -0.1) is 0 Å². The number of H-pyrrole nitrogens is 1. The zero-order valence-corrected chi connectivity index (χ0v) is 13.5. The van der Waals surface area contributed by atoms with Crippen LogP contribution in [0.5, 0.6) is 5.75 Å². The van der Waals surface area contributed by atoms with Crippen molar-refractivity contribution >= 4 is 26.7 Å². The van der Waals surface area contributed by atoms with E-state index in [1.165, 1.54) is 12.3 Å². The fraction of sp³-hybridized carbons (Fsp3) is 0.133. The molecule has 0 bridgehead atoms. The van der Waals surface area contributed by atoms with Crippen LogP contribution < -0.4 is 9.46 Å². The lowest BCUT2D eigenvalue weighted by molar-refractivity contribution is 0.343. The van der Waals surface area contributed by atoms with Gasteiger partial charge in [0.25, 0.3) is 10.0 Å². The Hall–Kier alpha value is -3.12. The van der Waals surface area contributed by atoms with Gasteiger partial charge in [0.2, 0.25) is 0 Å². The molecule has 0 radical (unpaired) electrons. The lowest BCUT2D eigenvalue weighted by Gasteiger charge is -2.12. The fourth-order valence-corrected chi connectivity index (χ4v) is 3.50. The summed E-state index contributed by atoms with van der Waals surface area (Å²) in [6.07, 6.45) is 2.81. The molecule has 0 saturated heterocycles. The summed E-state index contributed by atoms with van der Waals surface area (Å²) in [7, 11) is -3.94. The first-order valence-electron chi connectivity index (χ1n) is 7.03. The molecule has 1 aromatic carbocycles. The summed E-state index contributed by atoms with van der Waals surface area (Å²) in [4.78, 5) is 4.25. The molecule has 3 rings (SSSR count). The van der Waals surface area contributed by atoms with Crippen LogP contribution in [-0.2, 0) is 10.0 Å². The molecule has 0 aliphatic rings. The second-order valence-electron chi connectivity index (χ2n) is 4.77. The Morgan fingerprint density at radius 1 is 1.38 bits per heavy atom. The van der Waals surface area contributed by atoms with Gasteiger partial charge in [0.05, 0.1) is 17.7 Å². The number of fused-ring (bicyclic) bond motifs is 1. The van der Waals surface area contributed by atoms with Gasteiger partial charge in [-0.25, -0.2) is 8.42 Å². The first-order valence-corrected chi connectivity index (χ1v) is 8.52. The second kappa shape index (κ2) is 6.17. The van der Waals surface area contributed by atoms with E-state index >= 15 is 0 Å². The third-order valence-corrected chi connectivity index (χ3v) is 4.69. The standard InChI is InChI=1S/C15H13N5O3S/c1-2-23-12-5-6-13(11-4-3-7-17-14(11)12)24(21,22)20-15-10(8-16)9-18-19-15/h3-7,9H,2H2,1H3,(H2,18,19,20). The molecule has 0 aliphatic heterocycles. The third-order valence-electron chi connectivity index (χ3n) is 3.28. The molecule has 0 atom stereocenters. The smallest absolute Gasteiger partial charge is 0.263 e. The number of aromatic amines is 1. The summed E-state index contributed by atoms with van der Waals surface area (Å²) < 4.78 is 33.3. The summed E-state index contributed by atoms with van der Waals surface area (Å²) in [5, 5.41) is 15.5. The fourth-order valence-electron chi connectivity index (χ4n) is 2.26. The highest BCUT2D eigenvalue weighted by Crippen LogP contribution is 2.30. The SMILES string of the molecule is CCOc1ccc(S(=O)(=O)Nc2[nH]ncc2C#N)c2cccnc12. The van der Waals surface area contributed by atoms with Crippen molar-refractivity contribution in [3.63, 3.8) is 0 Å². The molecule has 2 heterocycles. The van der Waals surface area contributed by atoms with Crippen molar-refractivity contribution < 1.29 is 13.2 Å². The van der Waals surface area contributed by atoms with Gasteiger partial charge in [-0.2, -0.15) is 10.4 Å². The van der Waals surface area contributed by atoms with Crippen molar-refractivity contribution in [2.24, 2.45) is 0 Å². The van der Waals surface area contributed by atoms with Gasteiger partial charge in [-0.3, -0.25) is 14.8 Å². The molecule has 2 N–H and O–H groups in total. The highest BCUT2D eigenvalue weighted by molar-refractivity contribution is 7.93. The van der Waals surface area contributed by atoms with Crippen molar-refractivity contribution in [1.29, 1.82) is 5.26 Å². The van der Waals surface area contributed by atoms with Crippen LogP contribution in [-0.4, -0.2) is 30.2 Å². The summed E-state index contributed by atoms with van der Waals surface area (Å²) >= 11 is 0. The van der Waals surface area contributed by atoms with Gasteiger partial charge >= 0.3 is 0 Å². The minimum absolute atomic E-state index is 0.0171. The Balaban J connectivity index is 2.12. The third kappa shape index (κ3) is 2.75. The lowest BCUT2D eigenvalue weighted by atomic mass is 10.2. The summed E-state index contributed by atoms with van der Waals surface area (Å²) in [6.45, 7) is 2.28. The molecular formula is C15H13N5O3S. The van der Waals surface area contributed by atoms with Gasteiger partial charge in [0, 0.05) is 11.6 Å². The van der Waals surface area contributed by atoms with Crippen LogP contribution in [0.2, 0.25) is 0 Å². The Morgan fingerprint density at radius 3 is 2.96 bits per heavy atom. The van der Waals surface area contributed by atoms with Crippen LogP contribution in [0.3, 0.4) is 0 Å². The number of nitrogens with one attached hydrogen (secondary N) is 2. The normalized spacial score (nSPS) is 11.2. The van der Waals surface area contributed by atoms with Gasteiger partial charge in [0.1, 0.15) is 22.9 Å². The van der Waals surface area contributed by atoms with E-state index in [2.05, 4.69) is 19.9 Å². The second-order valence-corrected chi connectivity index (χ2v) is 6.42. The highest BCUT2D eigenvalue weighted by atomic mass is 32.2. The number of anilines is 1. The molecule has 122 valence electrons. The molecule has 8 nitrogen and oxygen atoms in total. The van der Waals surface area contributed by atoms with Gasteiger partial charge in [-0.1, -0.05) is 0 Å². The maximum Gasteiger partial charge on any atom is 0.263 e. The minimum atomic E-state index is -3.94. The Labute approximate surface area is 138 Å². The monoisotopic (exact) mass is 343 g/mol. The average molecular weight is 343 g/mol. The van der Waals surface area contributed by atoms with Crippen LogP contribution in [0.15, 0.2) is 41.6 Å². The van der Waals surface area contributed by atoms with E-state index in [1.807, 2.05) is 13.0 Å². The highest BCUT2D eigenvalue weighted by Gasteiger charge is 2.21. The van der Waals surface area contributed by atoms with Crippen LogP contribution in [0.1, 0.15) is 12.5 Å². The molecule has 9 heteroatoms. The van der Waals surface area contributed by atoms with Gasteiger partial charge < -0.3 is 4.74 Å². The maximum absolute atomic E-state index is 12.7. The number of sulfonamides is 1. The van der Waals surface area contributed by atoms with E-state index in [4.69, 9.17) is 10.00 Å². The van der Waals surface area contributed by atoms with Crippen molar-refractivity contribution in [2.75, 3.05) is 11.3 Å². The van der Waals surface area contributed by atoms with Crippen molar-refractivity contribution in [2.45, 2.75) is 11.8 Å². The Morgan fingerprint density at radius 2 is 2.21 bits per heavy atom. The van der Waals surface area contributed by atoms with E-state index < -0.39 is 10.0 Å². The molecular weight excluding hydrogens is 330 g/mol. The number of nitriles is 1. The number of pyridine rings is 1. The lowest BCUT2D eigenvalue weighted by Crippen LogP contribution is -2.14. The molecule has 0 fully saturated rings. The Bertz CT molecular complexity index is 1040. The molecule has 0 saturated carbocycles. The first-order chi connectivity index (χ1) is 11.6. The number of benzene rings is 1. The van der Waals surface area contributed by atoms with Crippen molar-refractivity contribution in [1.82, 2.24) is 15.2 Å². The molecule has 2 aromatic heterocycles. The van der Waals surface area contributed by atoms with Gasteiger partial charge in [0.15, 0.2) is 5.82 Å². The molecule has 0 aliphatic carbocycles. The van der Waals surface area contributed by atoms with E-state index in [1.54, 1.807) is 24.4 Å². The maximum atomic E-state index is 12.7. The summed E-state index contributed by atoms with van der Waals surface area (Å²) in [5.41, 5.74) is 0.555. The summed E-state index contributed by atoms with van der Waals surface area (Å²) in [6, 6.07) is 8.16. The first kappa shape index (κ1) is 15.8. The largest absolute Gasteiger partial charge is 0.492 e. The number of rotatable bonds is 5. The quantitative estimate of drug-likeness (QED) is 0.731. The van der Waals surface area contributed by atoms with E-state index in [0.29, 0.717) is 23.3 Å². The predicted octanol–water partition coefficient (Wildman–Crippen LogP) is 2.03. The van der Waals surface area contributed by atoms with E-state index in [9.17, 15) is 8.42 Å². The number of aromatic nitrogens is 3. The summed E-state index contributed by atoms with van der Waals surface area (Å²) in [5.74, 6) is 0.523. The van der Waals surface area contributed by atoms with Crippen molar-refractivity contribution in [3.05, 3.63) is 42.2 Å². The van der Waals surface area contributed by atoms with Crippen molar-refractivity contribution in [3.8, 4) is 11.8 Å². The molecule has 0 amide bonds. The molecule has 24 heavy (non-hydrogen) atoms. The number of nitrogens with zero attached hydrogens (tertiary/aromatic N) is 3. The van der Waals surface area contributed by atoms with E-state index in [-0.39, 0.29) is 16.3 Å². The topological polar surface area (TPSA) is 121 Å². The zero-order chi connectivity index (χ0) is 17.2.